The minimum Gasteiger partial charge on any atom is -0.469 e. The van der Waals surface area contributed by atoms with E-state index in [1.165, 1.54) is 0 Å². The van der Waals surface area contributed by atoms with Crippen LogP contribution in [0.3, 0.4) is 0 Å². The smallest absolute Gasteiger partial charge is 0.240 e. The van der Waals surface area contributed by atoms with Gasteiger partial charge >= 0.3 is 0 Å². The third kappa shape index (κ3) is 3.05. The first kappa shape index (κ1) is 13.6. The molecule has 0 unspecified atom stereocenters. The van der Waals surface area contributed by atoms with Gasteiger partial charge in [-0.2, -0.15) is 0 Å². The maximum atomic E-state index is 11.8. The Kier molecular flexibility index (Phi) is 3.87. The van der Waals surface area contributed by atoms with Crippen LogP contribution in [0.1, 0.15) is 12.2 Å². The van der Waals surface area contributed by atoms with Crippen molar-refractivity contribution in [1.29, 1.82) is 0 Å². The van der Waals surface area contributed by atoms with Crippen LogP contribution in [0.2, 0.25) is 0 Å². The molecule has 0 aliphatic carbocycles. The molecule has 6 heteroatoms. The highest BCUT2D eigenvalue weighted by Crippen LogP contribution is 2.14. The average Bonchev–Trinajstić information content (AvgIpc) is 3.12. The molecule has 2 aromatic heterocycles. The summed E-state index contributed by atoms with van der Waals surface area (Å²) in [5.41, 5.74) is 3.70. The van der Waals surface area contributed by atoms with Crippen molar-refractivity contribution in [3.8, 4) is 0 Å². The monoisotopic (exact) mass is 301 g/mol. The molecule has 3 rings (SSSR count). The van der Waals surface area contributed by atoms with E-state index in [0.717, 1.165) is 20.8 Å². The minimum atomic E-state index is -0.121. The number of nitrogens with one attached hydrogen (secondary N) is 1. The molecule has 0 saturated heterocycles. The van der Waals surface area contributed by atoms with Crippen molar-refractivity contribution in [2.24, 2.45) is 12.1 Å². The normalized spacial score (nSPS) is 12.0. The number of aryl methyl sites for hydroxylation is 2. The summed E-state index contributed by atoms with van der Waals surface area (Å²) < 4.78 is 8.30. The second kappa shape index (κ2) is 5.97. The molecule has 0 atom stereocenters. The molecule has 0 radical (unpaired) electrons. The van der Waals surface area contributed by atoms with Crippen LogP contribution in [0.5, 0.6) is 0 Å². The first-order valence-electron chi connectivity index (χ1n) is 6.63. The van der Waals surface area contributed by atoms with Gasteiger partial charge in [0.05, 0.1) is 16.5 Å². The molecule has 5 nitrogen and oxygen atoms in total. The zero-order valence-electron chi connectivity index (χ0n) is 11.6. The van der Waals surface area contributed by atoms with E-state index in [9.17, 15) is 4.79 Å². The van der Waals surface area contributed by atoms with E-state index in [0.29, 0.717) is 12.8 Å². The molecule has 0 bridgehead atoms. The van der Waals surface area contributed by atoms with Gasteiger partial charge in [-0.25, -0.2) is 5.43 Å². The molecular weight excluding hydrogens is 286 g/mol. The van der Waals surface area contributed by atoms with Crippen molar-refractivity contribution in [1.82, 2.24) is 9.99 Å². The van der Waals surface area contributed by atoms with E-state index in [2.05, 4.69) is 10.5 Å². The lowest BCUT2D eigenvalue weighted by Gasteiger charge is -1.98. The Morgan fingerprint density at radius 2 is 2.19 bits per heavy atom. The number of hydrogen-bond acceptors (Lipinski definition) is 4. The number of carbonyl (C=O) groups is 1. The largest absolute Gasteiger partial charge is 0.469 e. The maximum absolute atomic E-state index is 11.8. The van der Waals surface area contributed by atoms with Crippen LogP contribution in [0.4, 0.5) is 0 Å². The van der Waals surface area contributed by atoms with Gasteiger partial charge in [-0.15, -0.1) is 5.10 Å². The van der Waals surface area contributed by atoms with E-state index in [-0.39, 0.29) is 5.91 Å². The number of thiazole rings is 1. The number of nitrogens with zero attached hydrogens (tertiary/aromatic N) is 2. The molecular formula is C15H15N3O2S. The molecule has 0 saturated carbocycles. The summed E-state index contributed by atoms with van der Waals surface area (Å²) in [6, 6.07) is 11.7. The first-order valence-corrected chi connectivity index (χ1v) is 7.45. The molecule has 2 heterocycles. The Balaban J connectivity index is 1.69. The molecule has 0 spiro atoms. The third-order valence-electron chi connectivity index (χ3n) is 3.17. The molecule has 1 N–H and O–H groups in total. The third-order valence-corrected chi connectivity index (χ3v) is 4.28. The summed E-state index contributed by atoms with van der Waals surface area (Å²) in [4.78, 5) is 12.6. The van der Waals surface area contributed by atoms with Crippen molar-refractivity contribution >= 4 is 27.5 Å². The van der Waals surface area contributed by atoms with Crippen LogP contribution in [0, 0.1) is 0 Å². The number of benzene rings is 1. The second-order valence-electron chi connectivity index (χ2n) is 4.64. The SMILES string of the molecule is Cn1/c(=N/NC(=O)CCc2ccco2)sc2ccccc21. The molecule has 0 aliphatic heterocycles. The van der Waals surface area contributed by atoms with Crippen LogP contribution >= 0.6 is 11.3 Å². The van der Waals surface area contributed by atoms with Crippen molar-refractivity contribution < 1.29 is 9.21 Å². The van der Waals surface area contributed by atoms with E-state index in [1.54, 1.807) is 17.6 Å². The lowest BCUT2D eigenvalue weighted by Crippen LogP contribution is -2.23. The van der Waals surface area contributed by atoms with Crippen LogP contribution in [-0.4, -0.2) is 10.5 Å². The van der Waals surface area contributed by atoms with Crippen LogP contribution in [0.25, 0.3) is 10.2 Å². The zero-order chi connectivity index (χ0) is 14.7. The number of para-hydroxylation sites is 1. The summed E-state index contributed by atoms with van der Waals surface area (Å²) in [7, 11) is 1.94. The predicted octanol–water partition coefficient (Wildman–Crippen LogP) is 2.40. The number of amides is 1. The van der Waals surface area contributed by atoms with Crippen LogP contribution in [0.15, 0.2) is 52.2 Å². The summed E-state index contributed by atoms with van der Waals surface area (Å²) in [5, 5.41) is 4.19. The van der Waals surface area contributed by atoms with E-state index >= 15 is 0 Å². The predicted molar refractivity (Wildman–Crippen MR) is 81.5 cm³/mol. The number of furan rings is 1. The van der Waals surface area contributed by atoms with E-state index < -0.39 is 0 Å². The molecule has 0 aliphatic rings. The van der Waals surface area contributed by atoms with Gasteiger partial charge in [-0.05, 0) is 24.3 Å². The Bertz CT molecular complexity index is 815. The quantitative estimate of drug-likeness (QED) is 0.752. The molecule has 108 valence electrons. The molecule has 1 aromatic carbocycles. The van der Waals surface area contributed by atoms with Gasteiger partial charge in [0, 0.05) is 19.9 Å². The number of aromatic nitrogens is 1. The molecule has 21 heavy (non-hydrogen) atoms. The number of fused-ring (bicyclic) bond motifs is 1. The Labute approximate surface area is 125 Å². The van der Waals surface area contributed by atoms with Gasteiger partial charge in [-0.3, -0.25) is 4.79 Å². The summed E-state index contributed by atoms with van der Waals surface area (Å²) >= 11 is 1.54. The van der Waals surface area contributed by atoms with Crippen LogP contribution < -0.4 is 10.2 Å². The average molecular weight is 301 g/mol. The first-order chi connectivity index (χ1) is 10.2. The Morgan fingerprint density at radius 3 is 2.95 bits per heavy atom. The highest BCUT2D eigenvalue weighted by molar-refractivity contribution is 7.16. The van der Waals surface area contributed by atoms with Gasteiger partial charge in [0.2, 0.25) is 10.7 Å². The van der Waals surface area contributed by atoms with Crippen LogP contribution in [-0.2, 0) is 18.3 Å². The highest BCUT2D eigenvalue weighted by Gasteiger charge is 2.04. The summed E-state index contributed by atoms with van der Waals surface area (Å²) in [5.74, 6) is 0.682. The van der Waals surface area contributed by atoms with Crippen molar-refractivity contribution in [2.45, 2.75) is 12.8 Å². The molecule has 1 amide bonds. The fraction of sp³-hybridized carbons (Fsp3) is 0.200. The molecule has 3 aromatic rings. The maximum Gasteiger partial charge on any atom is 0.240 e. The van der Waals surface area contributed by atoms with Gasteiger partial charge in [0.15, 0.2) is 0 Å². The topological polar surface area (TPSA) is 59.5 Å². The number of rotatable bonds is 4. The van der Waals surface area contributed by atoms with Gasteiger partial charge in [0.1, 0.15) is 5.76 Å². The fourth-order valence-corrected chi connectivity index (χ4v) is 3.03. The Hall–Kier alpha value is -2.34. The number of carbonyl (C=O) groups excluding carboxylic acids is 1. The zero-order valence-corrected chi connectivity index (χ0v) is 12.4. The number of hydrogen-bond donors (Lipinski definition) is 1. The van der Waals surface area contributed by atoms with E-state index in [1.807, 2.05) is 48.0 Å². The standard InChI is InChI=1S/C15H15N3O2S/c1-18-12-6-2-3-7-13(12)21-15(18)17-16-14(19)9-8-11-5-4-10-20-11/h2-7,10H,8-9H2,1H3,(H,16,19)/b17-15-. The Morgan fingerprint density at radius 1 is 1.33 bits per heavy atom. The lowest BCUT2D eigenvalue weighted by molar-refractivity contribution is -0.121. The minimum absolute atomic E-state index is 0.121. The van der Waals surface area contributed by atoms with Crippen molar-refractivity contribution in [3.05, 3.63) is 53.2 Å². The summed E-state index contributed by atoms with van der Waals surface area (Å²) in [6.45, 7) is 0. The molecule has 0 fully saturated rings. The van der Waals surface area contributed by atoms with Gasteiger partial charge in [0.25, 0.3) is 0 Å². The van der Waals surface area contributed by atoms with Gasteiger partial charge in [-0.1, -0.05) is 23.5 Å². The lowest BCUT2D eigenvalue weighted by atomic mass is 10.2. The van der Waals surface area contributed by atoms with Crippen molar-refractivity contribution in [2.75, 3.05) is 0 Å². The second-order valence-corrected chi connectivity index (χ2v) is 5.65. The summed E-state index contributed by atoms with van der Waals surface area (Å²) in [6.07, 6.45) is 2.54. The van der Waals surface area contributed by atoms with Gasteiger partial charge < -0.3 is 8.98 Å². The highest BCUT2D eigenvalue weighted by atomic mass is 32.1. The van der Waals surface area contributed by atoms with Crippen molar-refractivity contribution in [3.63, 3.8) is 0 Å². The fourth-order valence-electron chi connectivity index (χ4n) is 2.05. The van der Waals surface area contributed by atoms with E-state index in [4.69, 9.17) is 4.42 Å².